The molecule has 0 heterocycles. The van der Waals surface area contributed by atoms with Gasteiger partial charge in [0.2, 0.25) is 0 Å². The molecular weight excluding hydrogens is 240 g/mol. The van der Waals surface area contributed by atoms with Gasteiger partial charge < -0.3 is 9.47 Å². The van der Waals surface area contributed by atoms with E-state index in [4.69, 9.17) is 9.47 Å². The SMILES string of the molecule is CCC(C)(C)C(=O)OC(C)OCCC1CCCCC1. The van der Waals surface area contributed by atoms with Crippen molar-refractivity contribution in [2.45, 2.75) is 78.9 Å². The smallest absolute Gasteiger partial charge is 0.313 e. The maximum atomic E-state index is 11.9. The predicted molar refractivity (Wildman–Crippen MR) is 76.8 cm³/mol. The molecule has 0 N–H and O–H groups in total. The molecule has 0 spiro atoms. The van der Waals surface area contributed by atoms with E-state index < -0.39 is 11.7 Å². The lowest BCUT2D eigenvalue weighted by molar-refractivity contribution is -0.185. The molecule has 1 fully saturated rings. The Balaban J connectivity index is 2.16. The zero-order chi connectivity index (χ0) is 14.3. The van der Waals surface area contributed by atoms with Crippen molar-refractivity contribution in [1.29, 1.82) is 0 Å². The van der Waals surface area contributed by atoms with E-state index in [9.17, 15) is 4.79 Å². The molecule has 0 radical (unpaired) electrons. The number of esters is 1. The quantitative estimate of drug-likeness (QED) is 0.511. The van der Waals surface area contributed by atoms with Crippen LogP contribution in [0.3, 0.4) is 0 Å². The average molecular weight is 270 g/mol. The summed E-state index contributed by atoms with van der Waals surface area (Å²) in [5, 5.41) is 0. The monoisotopic (exact) mass is 270 g/mol. The van der Waals surface area contributed by atoms with Gasteiger partial charge in [-0.1, -0.05) is 39.0 Å². The zero-order valence-electron chi connectivity index (χ0n) is 13.0. The minimum Gasteiger partial charge on any atom is -0.436 e. The van der Waals surface area contributed by atoms with Gasteiger partial charge >= 0.3 is 5.97 Å². The Morgan fingerprint density at radius 2 is 1.89 bits per heavy atom. The summed E-state index contributed by atoms with van der Waals surface area (Å²) in [7, 11) is 0. The molecule has 1 unspecified atom stereocenters. The van der Waals surface area contributed by atoms with Gasteiger partial charge in [-0.05, 0) is 39.5 Å². The zero-order valence-corrected chi connectivity index (χ0v) is 13.0. The van der Waals surface area contributed by atoms with Crippen molar-refractivity contribution in [2.24, 2.45) is 11.3 Å². The number of carbonyl (C=O) groups is 1. The first-order valence-corrected chi connectivity index (χ1v) is 7.78. The van der Waals surface area contributed by atoms with Crippen molar-refractivity contribution >= 4 is 5.97 Å². The fourth-order valence-electron chi connectivity index (χ4n) is 2.37. The Bertz CT molecular complexity index is 267. The highest BCUT2D eigenvalue weighted by Gasteiger charge is 2.28. The third-order valence-electron chi connectivity index (χ3n) is 4.31. The number of hydrogen-bond donors (Lipinski definition) is 0. The molecule has 1 aliphatic rings. The van der Waals surface area contributed by atoms with Gasteiger partial charge in [-0.3, -0.25) is 4.79 Å². The lowest BCUT2D eigenvalue weighted by atomic mass is 9.87. The van der Waals surface area contributed by atoms with E-state index in [1.807, 2.05) is 27.7 Å². The molecular formula is C16H30O3. The summed E-state index contributed by atoms with van der Waals surface area (Å²) in [6, 6.07) is 0. The first kappa shape index (κ1) is 16.5. The first-order chi connectivity index (χ1) is 8.95. The summed E-state index contributed by atoms with van der Waals surface area (Å²) < 4.78 is 10.9. The van der Waals surface area contributed by atoms with Crippen LogP contribution in [0.15, 0.2) is 0 Å². The average Bonchev–Trinajstić information content (AvgIpc) is 2.39. The van der Waals surface area contributed by atoms with Crippen molar-refractivity contribution in [2.75, 3.05) is 6.61 Å². The van der Waals surface area contributed by atoms with Gasteiger partial charge in [0, 0.05) is 0 Å². The van der Waals surface area contributed by atoms with Crippen molar-refractivity contribution < 1.29 is 14.3 Å². The number of ether oxygens (including phenoxy) is 2. The van der Waals surface area contributed by atoms with Gasteiger partial charge in [0.05, 0.1) is 12.0 Å². The molecule has 0 aromatic heterocycles. The molecule has 0 aromatic carbocycles. The fraction of sp³-hybridized carbons (Fsp3) is 0.938. The van der Waals surface area contributed by atoms with E-state index in [1.54, 1.807) is 0 Å². The Labute approximate surface area is 118 Å². The highest BCUT2D eigenvalue weighted by atomic mass is 16.7. The van der Waals surface area contributed by atoms with Crippen LogP contribution < -0.4 is 0 Å². The lowest BCUT2D eigenvalue weighted by Crippen LogP contribution is -2.30. The van der Waals surface area contributed by atoms with Gasteiger partial charge in [-0.15, -0.1) is 0 Å². The van der Waals surface area contributed by atoms with Gasteiger partial charge in [0.25, 0.3) is 0 Å². The molecule has 1 rings (SSSR count). The summed E-state index contributed by atoms with van der Waals surface area (Å²) in [5.74, 6) is 0.643. The van der Waals surface area contributed by atoms with Crippen LogP contribution in [0.1, 0.15) is 72.6 Å². The minimum absolute atomic E-state index is 0.167. The summed E-state index contributed by atoms with van der Waals surface area (Å²) in [6.07, 6.45) is 8.22. The van der Waals surface area contributed by atoms with Gasteiger partial charge in [-0.25, -0.2) is 0 Å². The largest absolute Gasteiger partial charge is 0.436 e. The lowest BCUT2D eigenvalue weighted by Gasteiger charge is -2.25. The van der Waals surface area contributed by atoms with Crippen LogP contribution in [0, 0.1) is 11.3 Å². The third-order valence-corrected chi connectivity index (χ3v) is 4.31. The van der Waals surface area contributed by atoms with Crippen molar-refractivity contribution in [3.8, 4) is 0 Å². The number of rotatable bonds is 7. The molecule has 0 bridgehead atoms. The van der Waals surface area contributed by atoms with Crippen LogP contribution in [0.2, 0.25) is 0 Å². The molecule has 1 aliphatic carbocycles. The van der Waals surface area contributed by atoms with E-state index in [0.29, 0.717) is 6.61 Å². The van der Waals surface area contributed by atoms with Crippen LogP contribution in [-0.4, -0.2) is 18.9 Å². The second-order valence-electron chi connectivity index (χ2n) is 6.37. The Kier molecular flexibility index (Phi) is 6.84. The van der Waals surface area contributed by atoms with E-state index in [0.717, 1.165) is 18.8 Å². The summed E-state index contributed by atoms with van der Waals surface area (Å²) in [5.41, 5.74) is -0.416. The second-order valence-corrected chi connectivity index (χ2v) is 6.37. The molecule has 112 valence electrons. The molecule has 3 nitrogen and oxygen atoms in total. The molecule has 0 aromatic rings. The Morgan fingerprint density at radius 1 is 1.26 bits per heavy atom. The highest BCUT2D eigenvalue weighted by molar-refractivity contribution is 5.75. The third kappa shape index (κ3) is 5.94. The number of carbonyl (C=O) groups excluding carboxylic acids is 1. The standard InChI is InChI=1S/C16H30O3/c1-5-16(3,4)15(17)19-13(2)18-12-11-14-9-7-6-8-10-14/h13-14H,5-12H2,1-4H3. The van der Waals surface area contributed by atoms with Crippen molar-refractivity contribution in [1.82, 2.24) is 0 Å². The molecule has 19 heavy (non-hydrogen) atoms. The van der Waals surface area contributed by atoms with Crippen LogP contribution in [0.5, 0.6) is 0 Å². The van der Waals surface area contributed by atoms with E-state index >= 15 is 0 Å². The maximum absolute atomic E-state index is 11.9. The van der Waals surface area contributed by atoms with E-state index in [-0.39, 0.29) is 5.97 Å². The summed E-state index contributed by atoms with van der Waals surface area (Å²) in [4.78, 5) is 11.9. The van der Waals surface area contributed by atoms with Crippen molar-refractivity contribution in [3.63, 3.8) is 0 Å². The first-order valence-electron chi connectivity index (χ1n) is 7.78. The molecule has 0 aliphatic heterocycles. The molecule has 0 amide bonds. The fourth-order valence-corrected chi connectivity index (χ4v) is 2.37. The molecule has 1 atom stereocenters. The van der Waals surface area contributed by atoms with Crippen LogP contribution in [0.25, 0.3) is 0 Å². The maximum Gasteiger partial charge on any atom is 0.313 e. The topological polar surface area (TPSA) is 35.5 Å². The molecule has 3 heteroatoms. The van der Waals surface area contributed by atoms with Crippen LogP contribution in [0.4, 0.5) is 0 Å². The van der Waals surface area contributed by atoms with Crippen LogP contribution in [-0.2, 0) is 14.3 Å². The molecule has 0 saturated heterocycles. The van der Waals surface area contributed by atoms with Gasteiger partial charge in [-0.2, -0.15) is 0 Å². The Hall–Kier alpha value is -0.570. The Morgan fingerprint density at radius 3 is 2.47 bits per heavy atom. The van der Waals surface area contributed by atoms with Gasteiger partial charge in [0.15, 0.2) is 6.29 Å². The number of hydrogen-bond acceptors (Lipinski definition) is 3. The highest BCUT2D eigenvalue weighted by Crippen LogP contribution is 2.26. The predicted octanol–water partition coefficient (Wildman–Crippen LogP) is 4.30. The summed E-state index contributed by atoms with van der Waals surface area (Å²) >= 11 is 0. The van der Waals surface area contributed by atoms with Gasteiger partial charge in [0.1, 0.15) is 0 Å². The molecule has 1 saturated carbocycles. The second kappa shape index (κ2) is 7.88. The summed E-state index contributed by atoms with van der Waals surface area (Å²) in [6.45, 7) is 8.32. The van der Waals surface area contributed by atoms with E-state index in [2.05, 4.69) is 0 Å². The van der Waals surface area contributed by atoms with Crippen molar-refractivity contribution in [3.05, 3.63) is 0 Å². The minimum atomic E-state index is -0.429. The van der Waals surface area contributed by atoms with Crippen LogP contribution >= 0.6 is 0 Å². The van der Waals surface area contributed by atoms with E-state index in [1.165, 1.54) is 32.1 Å². The normalized spacial score (nSPS) is 19.2.